The van der Waals surface area contributed by atoms with E-state index in [0.717, 1.165) is 17.7 Å². The topological polar surface area (TPSA) is 49.4 Å². The summed E-state index contributed by atoms with van der Waals surface area (Å²) in [5, 5.41) is 3.58. The summed E-state index contributed by atoms with van der Waals surface area (Å²) in [6.07, 6.45) is 1.22. The second-order valence-electron chi connectivity index (χ2n) is 7.40. The van der Waals surface area contributed by atoms with Crippen LogP contribution in [0.25, 0.3) is 0 Å². The molecule has 2 atom stereocenters. The highest BCUT2D eigenvalue weighted by Gasteiger charge is 2.27. The molecule has 0 unspecified atom stereocenters. The van der Waals surface area contributed by atoms with Crippen LogP contribution in [0.5, 0.6) is 0 Å². The third kappa shape index (κ3) is 7.69. The molecule has 6 heteroatoms. The lowest BCUT2D eigenvalue weighted by Gasteiger charge is -2.30. The highest BCUT2D eigenvalue weighted by atomic mass is 35.5. The van der Waals surface area contributed by atoms with Crippen molar-refractivity contribution >= 4 is 35.2 Å². The van der Waals surface area contributed by atoms with Gasteiger partial charge >= 0.3 is 0 Å². The molecule has 0 bridgehead atoms. The van der Waals surface area contributed by atoms with Gasteiger partial charge in [-0.25, -0.2) is 0 Å². The predicted octanol–water partition coefficient (Wildman–Crippen LogP) is 5.30. The van der Waals surface area contributed by atoms with E-state index in [1.807, 2.05) is 50.2 Å². The van der Waals surface area contributed by atoms with Crippen LogP contribution in [0.2, 0.25) is 5.02 Å². The molecule has 0 aliphatic heterocycles. The Bertz CT molecular complexity index is 816. The second kappa shape index (κ2) is 12.7. The van der Waals surface area contributed by atoms with Crippen LogP contribution in [-0.4, -0.2) is 34.6 Å². The molecule has 2 aromatic carbocycles. The van der Waals surface area contributed by atoms with Crippen LogP contribution in [0.15, 0.2) is 54.6 Å². The molecule has 162 valence electrons. The predicted molar refractivity (Wildman–Crippen MR) is 127 cm³/mol. The van der Waals surface area contributed by atoms with Crippen molar-refractivity contribution in [3.8, 4) is 0 Å². The van der Waals surface area contributed by atoms with Gasteiger partial charge in [0.05, 0.1) is 0 Å². The Kier molecular flexibility index (Phi) is 10.2. The average Bonchev–Trinajstić information content (AvgIpc) is 2.76. The van der Waals surface area contributed by atoms with E-state index < -0.39 is 6.04 Å². The van der Waals surface area contributed by atoms with Crippen molar-refractivity contribution in [1.29, 1.82) is 0 Å². The van der Waals surface area contributed by atoms with Crippen LogP contribution in [-0.2, 0) is 21.9 Å². The molecular weight excluding hydrogens is 416 g/mol. The molecule has 2 amide bonds. The zero-order valence-electron chi connectivity index (χ0n) is 17.9. The number of carbonyl (C=O) groups excluding carboxylic acids is 2. The van der Waals surface area contributed by atoms with Gasteiger partial charge in [0.15, 0.2) is 0 Å². The summed E-state index contributed by atoms with van der Waals surface area (Å²) < 4.78 is 0. The number of halogens is 1. The average molecular weight is 447 g/mol. The lowest BCUT2D eigenvalue weighted by molar-refractivity contribution is -0.140. The summed E-state index contributed by atoms with van der Waals surface area (Å²) in [6, 6.07) is 17.1. The molecule has 30 heavy (non-hydrogen) atoms. The number of benzene rings is 2. The molecule has 0 heterocycles. The van der Waals surface area contributed by atoms with E-state index in [9.17, 15) is 9.59 Å². The first-order valence-corrected chi connectivity index (χ1v) is 11.9. The quantitative estimate of drug-likeness (QED) is 0.477. The van der Waals surface area contributed by atoms with E-state index in [0.29, 0.717) is 23.7 Å². The molecule has 0 saturated carbocycles. The summed E-state index contributed by atoms with van der Waals surface area (Å²) in [4.78, 5) is 27.4. The van der Waals surface area contributed by atoms with Gasteiger partial charge < -0.3 is 10.2 Å². The highest BCUT2D eigenvalue weighted by Crippen LogP contribution is 2.20. The third-order valence-electron chi connectivity index (χ3n) is 5.04. The highest BCUT2D eigenvalue weighted by molar-refractivity contribution is 7.98. The number of hydrogen-bond acceptors (Lipinski definition) is 3. The number of rotatable bonds is 11. The SMILES string of the molecule is CC[C@H](C)NC(=O)[C@H](C)N(Cc1ccccc1Cl)C(=O)CCSCc1ccccc1. The molecule has 0 saturated heterocycles. The molecule has 0 aliphatic carbocycles. The Labute approximate surface area is 189 Å². The first-order valence-electron chi connectivity index (χ1n) is 10.4. The molecule has 2 rings (SSSR count). The van der Waals surface area contributed by atoms with Crippen molar-refractivity contribution in [2.24, 2.45) is 0 Å². The fraction of sp³-hybridized carbons (Fsp3) is 0.417. The van der Waals surface area contributed by atoms with Crippen LogP contribution in [0.4, 0.5) is 0 Å². The molecule has 4 nitrogen and oxygen atoms in total. The van der Waals surface area contributed by atoms with E-state index >= 15 is 0 Å². The van der Waals surface area contributed by atoms with Gasteiger partial charge in [0, 0.05) is 35.5 Å². The van der Waals surface area contributed by atoms with Crippen molar-refractivity contribution in [2.75, 3.05) is 5.75 Å². The first kappa shape index (κ1) is 24.3. The van der Waals surface area contributed by atoms with Gasteiger partial charge in [-0.2, -0.15) is 11.8 Å². The zero-order chi connectivity index (χ0) is 21.9. The largest absolute Gasteiger partial charge is 0.352 e. The van der Waals surface area contributed by atoms with Gasteiger partial charge in [0.1, 0.15) is 6.04 Å². The van der Waals surface area contributed by atoms with E-state index in [1.165, 1.54) is 5.56 Å². The van der Waals surface area contributed by atoms with Crippen molar-refractivity contribution in [3.63, 3.8) is 0 Å². The van der Waals surface area contributed by atoms with Crippen LogP contribution < -0.4 is 5.32 Å². The molecular formula is C24H31ClN2O2S. The van der Waals surface area contributed by atoms with Gasteiger partial charge in [-0.3, -0.25) is 9.59 Å². The van der Waals surface area contributed by atoms with Gasteiger partial charge in [0.25, 0.3) is 0 Å². The molecule has 0 radical (unpaired) electrons. The normalized spacial score (nSPS) is 12.8. The maximum atomic E-state index is 13.1. The van der Waals surface area contributed by atoms with Gasteiger partial charge in [-0.1, -0.05) is 67.1 Å². The van der Waals surface area contributed by atoms with Crippen LogP contribution in [0.1, 0.15) is 44.7 Å². The number of thioether (sulfide) groups is 1. The molecule has 0 aromatic heterocycles. The van der Waals surface area contributed by atoms with Crippen molar-refractivity contribution in [2.45, 2.75) is 58.0 Å². The number of amides is 2. The minimum atomic E-state index is -0.568. The smallest absolute Gasteiger partial charge is 0.242 e. The van der Waals surface area contributed by atoms with Crippen molar-refractivity contribution in [3.05, 3.63) is 70.7 Å². The fourth-order valence-electron chi connectivity index (χ4n) is 2.93. The summed E-state index contributed by atoms with van der Waals surface area (Å²) in [6.45, 7) is 6.08. The molecule has 2 aromatic rings. The van der Waals surface area contributed by atoms with Crippen molar-refractivity contribution in [1.82, 2.24) is 10.2 Å². The number of nitrogens with zero attached hydrogens (tertiary/aromatic N) is 1. The van der Waals surface area contributed by atoms with Crippen molar-refractivity contribution < 1.29 is 9.59 Å². The molecule has 0 aliphatic rings. The Morgan fingerprint density at radius 2 is 1.73 bits per heavy atom. The second-order valence-corrected chi connectivity index (χ2v) is 8.91. The number of carbonyl (C=O) groups is 2. The van der Waals surface area contributed by atoms with E-state index in [1.54, 1.807) is 29.7 Å². The maximum Gasteiger partial charge on any atom is 0.242 e. The number of hydrogen-bond donors (Lipinski definition) is 1. The summed E-state index contributed by atoms with van der Waals surface area (Å²) in [5.74, 6) is 1.39. The lowest BCUT2D eigenvalue weighted by atomic mass is 10.1. The van der Waals surface area contributed by atoms with E-state index in [2.05, 4.69) is 17.4 Å². The monoisotopic (exact) mass is 446 g/mol. The molecule has 0 fully saturated rings. The molecule has 0 spiro atoms. The zero-order valence-corrected chi connectivity index (χ0v) is 19.5. The molecule has 1 N–H and O–H groups in total. The van der Waals surface area contributed by atoms with Crippen LogP contribution in [0.3, 0.4) is 0 Å². The maximum absolute atomic E-state index is 13.1. The summed E-state index contributed by atoms with van der Waals surface area (Å²) >= 11 is 8.04. The standard InChI is InChI=1S/C24H31ClN2O2S/c1-4-18(2)26-24(29)19(3)27(16-21-12-8-9-13-22(21)25)23(28)14-15-30-17-20-10-6-5-7-11-20/h5-13,18-19H,4,14-17H2,1-3H3,(H,26,29)/t18-,19-/m0/s1. The Morgan fingerprint density at radius 1 is 1.07 bits per heavy atom. The lowest BCUT2D eigenvalue weighted by Crippen LogP contribution is -2.49. The minimum absolute atomic E-state index is 0.0396. The van der Waals surface area contributed by atoms with E-state index in [4.69, 9.17) is 11.6 Å². The fourth-order valence-corrected chi connectivity index (χ4v) is 4.01. The Hall–Kier alpha value is -1.98. The Morgan fingerprint density at radius 3 is 2.40 bits per heavy atom. The Balaban J connectivity index is 2.02. The third-order valence-corrected chi connectivity index (χ3v) is 6.44. The van der Waals surface area contributed by atoms with Crippen LogP contribution in [0, 0.1) is 0 Å². The minimum Gasteiger partial charge on any atom is -0.352 e. The van der Waals surface area contributed by atoms with Gasteiger partial charge in [-0.05, 0) is 37.5 Å². The van der Waals surface area contributed by atoms with E-state index in [-0.39, 0.29) is 17.9 Å². The number of nitrogens with one attached hydrogen (secondary N) is 1. The summed E-state index contributed by atoms with van der Waals surface area (Å²) in [7, 11) is 0. The first-order chi connectivity index (χ1) is 14.4. The summed E-state index contributed by atoms with van der Waals surface area (Å²) in [5.41, 5.74) is 2.08. The van der Waals surface area contributed by atoms with Gasteiger partial charge in [-0.15, -0.1) is 0 Å². The van der Waals surface area contributed by atoms with Gasteiger partial charge in [0.2, 0.25) is 11.8 Å². The van der Waals surface area contributed by atoms with Crippen LogP contribution >= 0.6 is 23.4 Å².